The summed E-state index contributed by atoms with van der Waals surface area (Å²) in [5.74, 6) is 1.53. The van der Waals surface area contributed by atoms with E-state index in [1.54, 1.807) is 18.9 Å². The van der Waals surface area contributed by atoms with Gasteiger partial charge in [0.1, 0.15) is 17.6 Å². The summed E-state index contributed by atoms with van der Waals surface area (Å²) in [4.78, 5) is 29.0. The molecular weight excluding hydrogens is 362 g/mol. The van der Waals surface area contributed by atoms with Crippen LogP contribution in [0.3, 0.4) is 0 Å². The summed E-state index contributed by atoms with van der Waals surface area (Å²) in [5.41, 5.74) is -0.205. The highest BCUT2D eigenvalue weighted by atomic mass is 16.5. The van der Waals surface area contributed by atoms with Crippen molar-refractivity contribution in [2.24, 2.45) is 0 Å². The lowest BCUT2D eigenvalue weighted by atomic mass is 9.84. The number of hydrogen-bond donors (Lipinski definition) is 1. The molecule has 2 saturated heterocycles. The van der Waals surface area contributed by atoms with Gasteiger partial charge < -0.3 is 29.0 Å². The fourth-order valence-electron chi connectivity index (χ4n) is 4.26. The lowest BCUT2D eigenvalue weighted by Gasteiger charge is -2.44. The Hall–Kier alpha value is -2.06. The van der Waals surface area contributed by atoms with E-state index in [9.17, 15) is 9.59 Å². The molecule has 2 aliphatic heterocycles. The maximum Gasteiger partial charge on any atom is 0.318 e. The molecule has 0 saturated carbocycles. The minimum Gasteiger partial charge on any atom is -0.464 e. The molecule has 1 atom stereocenters. The highest BCUT2D eigenvalue weighted by molar-refractivity contribution is 5.76. The Morgan fingerprint density at radius 3 is 2.57 bits per heavy atom. The number of methoxy groups -OCH3 is 1. The average Bonchev–Trinajstić information content (AvgIpc) is 3.02. The molecule has 0 radical (unpaired) electrons. The molecule has 1 aromatic rings. The van der Waals surface area contributed by atoms with Crippen molar-refractivity contribution in [3.63, 3.8) is 0 Å². The van der Waals surface area contributed by atoms with Crippen molar-refractivity contribution in [2.45, 2.75) is 44.7 Å². The van der Waals surface area contributed by atoms with Crippen molar-refractivity contribution in [1.82, 2.24) is 15.1 Å². The third kappa shape index (κ3) is 4.50. The van der Waals surface area contributed by atoms with Crippen molar-refractivity contribution < 1.29 is 23.5 Å². The highest BCUT2D eigenvalue weighted by Crippen LogP contribution is 2.33. The topological polar surface area (TPSA) is 84.2 Å². The van der Waals surface area contributed by atoms with Crippen LogP contribution >= 0.6 is 0 Å². The number of urea groups is 1. The van der Waals surface area contributed by atoms with Gasteiger partial charge in [0, 0.05) is 52.4 Å². The van der Waals surface area contributed by atoms with Crippen LogP contribution in [0.15, 0.2) is 16.5 Å². The Balaban J connectivity index is 1.69. The van der Waals surface area contributed by atoms with Crippen LogP contribution in [0.2, 0.25) is 0 Å². The normalized spacial score (nSPS) is 20.7. The molecule has 0 aromatic carbocycles. The molecule has 0 bridgehead atoms. The lowest BCUT2D eigenvalue weighted by Crippen LogP contribution is -2.54. The van der Waals surface area contributed by atoms with Gasteiger partial charge in [0.2, 0.25) is 5.91 Å². The first kappa shape index (κ1) is 20.7. The number of aryl methyl sites for hydroxylation is 1. The van der Waals surface area contributed by atoms with Crippen molar-refractivity contribution in [1.29, 1.82) is 0 Å². The van der Waals surface area contributed by atoms with E-state index in [1.807, 2.05) is 24.0 Å². The third-order valence-electron chi connectivity index (χ3n) is 5.84. The fourth-order valence-corrected chi connectivity index (χ4v) is 4.26. The molecule has 28 heavy (non-hydrogen) atoms. The van der Waals surface area contributed by atoms with Gasteiger partial charge >= 0.3 is 6.03 Å². The number of ether oxygens (including phenoxy) is 2. The lowest BCUT2D eigenvalue weighted by molar-refractivity contribution is -0.139. The van der Waals surface area contributed by atoms with Gasteiger partial charge in [0.15, 0.2) is 0 Å². The van der Waals surface area contributed by atoms with E-state index in [1.165, 1.54) is 0 Å². The monoisotopic (exact) mass is 393 g/mol. The van der Waals surface area contributed by atoms with Gasteiger partial charge in [-0.05, 0) is 38.3 Å². The van der Waals surface area contributed by atoms with Gasteiger partial charge in [-0.3, -0.25) is 4.79 Å². The van der Waals surface area contributed by atoms with Crippen LogP contribution in [-0.4, -0.2) is 73.8 Å². The minimum atomic E-state index is -0.351. The van der Waals surface area contributed by atoms with Gasteiger partial charge in [-0.2, -0.15) is 0 Å². The first-order valence-electron chi connectivity index (χ1n) is 9.92. The standard InChI is InChI=1S/C20H31N3O5/c1-15-4-5-18(28-15)17(14-26-3)21-19(25)22-9-6-20(7-12-27-13-8-20)23(11-10-22)16(2)24/h4-5,17H,6-14H2,1-3H3,(H,21,25). The first-order chi connectivity index (χ1) is 13.4. The number of furan rings is 1. The zero-order valence-corrected chi connectivity index (χ0v) is 17.0. The minimum absolute atomic E-state index is 0.0625. The van der Waals surface area contributed by atoms with Crippen LogP contribution in [0.25, 0.3) is 0 Å². The molecule has 0 aliphatic carbocycles. The summed E-state index contributed by atoms with van der Waals surface area (Å²) >= 11 is 0. The molecule has 8 heteroatoms. The molecule has 1 unspecified atom stereocenters. The van der Waals surface area contributed by atoms with E-state index in [0.717, 1.165) is 25.0 Å². The Bertz CT molecular complexity index is 683. The summed E-state index contributed by atoms with van der Waals surface area (Å²) in [7, 11) is 1.60. The van der Waals surface area contributed by atoms with E-state index in [4.69, 9.17) is 13.9 Å². The van der Waals surface area contributed by atoms with Gasteiger partial charge in [0.05, 0.1) is 6.61 Å². The van der Waals surface area contributed by atoms with Crippen LogP contribution in [0.4, 0.5) is 4.79 Å². The Morgan fingerprint density at radius 2 is 1.96 bits per heavy atom. The van der Waals surface area contributed by atoms with Crippen LogP contribution < -0.4 is 5.32 Å². The Kier molecular flexibility index (Phi) is 6.61. The predicted octanol–water partition coefficient (Wildman–Crippen LogP) is 2.09. The molecule has 3 amide bonds. The van der Waals surface area contributed by atoms with Crippen molar-refractivity contribution in [3.8, 4) is 0 Å². The molecule has 3 rings (SSSR count). The summed E-state index contributed by atoms with van der Waals surface area (Å²) in [6.07, 6.45) is 2.40. The second kappa shape index (κ2) is 8.96. The molecular formula is C20H31N3O5. The predicted molar refractivity (Wildman–Crippen MR) is 103 cm³/mol. The van der Waals surface area contributed by atoms with Gasteiger partial charge in [0.25, 0.3) is 0 Å². The summed E-state index contributed by atoms with van der Waals surface area (Å²) in [6, 6.07) is 3.21. The Labute approximate surface area is 166 Å². The van der Waals surface area contributed by atoms with Crippen LogP contribution in [0.5, 0.6) is 0 Å². The average molecular weight is 393 g/mol. The molecule has 3 heterocycles. The number of nitrogens with one attached hydrogen (secondary N) is 1. The first-order valence-corrected chi connectivity index (χ1v) is 9.92. The van der Waals surface area contributed by atoms with Crippen LogP contribution in [-0.2, 0) is 14.3 Å². The van der Waals surface area contributed by atoms with Gasteiger partial charge in [-0.25, -0.2) is 4.79 Å². The van der Waals surface area contributed by atoms with E-state index in [-0.39, 0.29) is 23.5 Å². The number of carbonyl (C=O) groups excluding carboxylic acids is 2. The second-order valence-electron chi connectivity index (χ2n) is 7.65. The molecule has 1 N–H and O–H groups in total. The number of amides is 3. The largest absolute Gasteiger partial charge is 0.464 e. The number of rotatable bonds is 4. The third-order valence-corrected chi connectivity index (χ3v) is 5.84. The van der Waals surface area contributed by atoms with Gasteiger partial charge in [-0.1, -0.05) is 0 Å². The van der Waals surface area contributed by atoms with E-state index in [0.29, 0.717) is 45.2 Å². The molecule has 2 fully saturated rings. The maximum absolute atomic E-state index is 13.0. The smallest absolute Gasteiger partial charge is 0.318 e. The number of carbonyl (C=O) groups is 2. The molecule has 2 aliphatic rings. The van der Waals surface area contributed by atoms with Gasteiger partial charge in [-0.15, -0.1) is 0 Å². The fraction of sp³-hybridized carbons (Fsp3) is 0.700. The summed E-state index contributed by atoms with van der Waals surface area (Å²) in [6.45, 7) is 6.77. The van der Waals surface area contributed by atoms with Crippen LogP contribution in [0.1, 0.15) is 43.7 Å². The molecule has 8 nitrogen and oxygen atoms in total. The second-order valence-corrected chi connectivity index (χ2v) is 7.65. The molecule has 156 valence electrons. The Morgan fingerprint density at radius 1 is 1.21 bits per heavy atom. The quantitative estimate of drug-likeness (QED) is 0.847. The number of hydrogen-bond acceptors (Lipinski definition) is 5. The summed E-state index contributed by atoms with van der Waals surface area (Å²) in [5, 5.41) is 3.02. The number of nitrogens with zero attached hydrogens (tertiary/aromatic N) is 2. The van der Waals surface area contributed by atoms with Crippen LogP contribution in [0, 0.1) is 6.92 Å². The van der Waals surface area contributed by atoms with Crippen molar-refractivity contribution >= 4 is 11.9 Å². The maximum atomic E-state index is 13.0. The molecule has 1 spiro atoms. The zero-order valence-electron chi connectivity index (χ0n) is 17.0. The van der Waals surface area contributed by atoms with E-state index >= 15 is 0 Å². The van der Waals surface area contributed by atoms with Crippen molar-refractivity contribution in [3.05, 3.63) is 23.7 Å². The zero-order chi connectivity index (χ0) is 20.1. The van der Waals surface area contributed by atoms with Crippen molar-refractivity contribution in [2.75, 3.05) is 46.6 Å². The highest BCUT2D eigenvalue weighted by Gasteiger charge is 2.42. The SMILES string of the molecule is COCC(NC(=O)N1CCN(C(C)=O)C2(CCOCC2)CC1)c1ccc(C)o1. The van der Waals surface area contributed by atoms with E-state index < -0.39 is 0 Å². The summed E-state index contributed by atoms with van der Waals surface area (Å²) < 4.78 is 16.4. The molecule has 1 aromatic heterocycles. The van der Waals surface area contributed by atoms with E-state index in [2.05, 4.69) is 5.32 Å².